The molecular formula is C29H24N4O5. The van der Waals surface area contributed by atoms with Gasteiger partial charge in [0.05, 0.1) is 17.4 Å². The van der Waals surface area contributed by atoms with Gasteiger partial charge in [-0.25, -0.2) is 9.59 Å². The summed E-state index contributed by atoms with van der Waals surface area (Å²) in [6.45, 7) is 1.80. The van der Waals surface area contributed by atoms with E-state index in [1.807, 2.05) is 30.3 Å². The van der Waals surface area contributed by atoms with Crippen LogP contribution in [0.25, 0.3) is 11.1 Å². The van der Waals surface area contributed by atoms with E-state index in [2.05, 4.69) is 27.6 Å². The van der Waals surface area contributed by atoms with Crippen molar-refractivity contribution >= 4 is 29.5 Å². The Morgan fingerprint density at radius 3 is 2.34 bits per heavy atom. The monoisotopic (exact) mass is 508 g/mol. The van der Waals surface area contributed by atoms with Gasteiger partial charge >= 0.3 is 18.0 Å². The van der Waals surface area contributed by atoms with Crippen molar-refractivity contribution in [3.63, 3.8) is 0 Å². The summed E-state index contributed by atoms with van der Waals surface area (Å²) in [5.41, 5.74) is 3.05. The third kappa shape index (κ3) is 6.25. The number of carbonyl (C=O) groups is 3. The predicted molar refractivity (Wildman–Crippen MR) is 143 cm³/mol. The second kappa shape index (κ2) is 11.6. The second-order valence-electron chi connectivity index (χ2n) is 8.25. The highest BCUT2D eigenvalue weighted by atomic mass is 16.6. The number of rotatable bonds is 6. The molecule has 0 aliphatic heterocycles. The van der Waals surface area contributed by atoms with Gasteiger partial charge in [-0.3, -0.25) is 14.8 Å². The van der Waals surface area contributed by atoms with Crippen molar-refractivity contribution in [2.45, 2.75) is 13.0 Å². The average Bonchev–Trinajstić information content (AvgIpc) is 3.28. The third-order valence-electron chi connectivity index (χ3n) is 5.63. The maximum Gasteiger partial charge on any atom is 0.413 e. The van der Waals surface area contributed by atoms with E-state index in [1.165, 1.54) is 16.8 Å². The first-order valence-corrected chi connectivity index (χ1v) is 11.6. The summed E-state index contributed by atoms with van der Waals surface area (Å²) in [5.74, 6) is 3.91. The van der Waals surface area contributed by atoms with Gasteiger partial charge in [0.1, 0.15) is 11.9 Å². The highest BCUT2D eigenvalue weighted by Crippen LogP contribution is 2.28. The molecule has 0 aliphatic rings. The summed E-state index contributed by atoms with van der Waals surface area (Å²) in [4.78, 5) is 36.1. The second-order valence-corrected chi connectivity index (χ2v) is 8.25. The third-order valence-corrected chi connectivity index (χ3v) is 5.63. The summed E-state index contributed by atoms with van der Waals surface area (Å²) in [5, 5.41) is 18.7. The number of nitrogens with one attached hydrogen (secondary N) is 2. The van der Waals surface area contributed by atoms with Gasteiger partial charge in [0.25, 0.3) is 0 Å². The van der Waals surface area contributed by atoms with Gasteiger partial charge in [-0.2, -0.15) is 5.10 Å². The van der Waals surface area contributed by atoms with Crippen LogP contribution in [-0.2, 0) is 16.6 Å². The molecule has 0 radical (unpaired) electrons. The number of benzene rings is 3. The van der Waals surface area contributed by atoms with Crippen LogP contribution in [-0.4, -0.2) is 32.9 Å². The van der Waals surface area contributed by atoms with Crippen LogP contribution in [0.3, 0.4) is 0 Å². The molecule has 3 N–H and O–H groups in total. The number of ether oxygens (including phenoxy) is 1. The smallest absolute Gasteiger partial charge is 0.413 e. The molecule has 38 heavy (non-hydrogen) atoms. The maximum absolute atomic E-state index is 12.6. The van der Waals surface area contributed by atoms with E-state index in [-0.39, 0.29) is 11.3 Å². The number of aromatic nitrogens is 2. The lowest BCUT2D eigenvalue weighted by Gasteiger charge is -2.15. The molecule has 9 nitrogen and oxygen atoms in total. The van der Waals surface area contributed by atoms with Crippen LogP contribution < -0.4 is 10.6 Å². The zero-order valence-corrected chi connectivity index (χ0v) is 20.6. The van der Waals surface area contributed by atoms with E-state index in [1.54, 1.807) is 56.6 Å². The summed E-state index contributed by atoms with van der Waals surface area (Å²) < 4.78 is 7.05. The van der Waals surface area contributed by atoms with Crippen molar-refractivity contribution in [3.05, 3.63) is 102 Å². The fourth-order valence-corrected chi connectivity index (χ4v) is 3.67. The van der Waals surface area contributed by atoms with Crippen molar-refractivity contribution in [2.24, 2.45) is 7.05 Å². The van der Waals surface area contributed by atoms with Crippen molar-refractivity contribution in [1.29, 1.82) is 0 Å². The predicted octanol–water partition coefficient (Wildman–Crippen LogP) is 5.09. The number of para-hydroxylation sites is 1. The molecule has 0 aliphatic carbocycles. The summed E-state index contributed by atoms with van der Waals surface area (Å²) in [6, 6.07) is 22.6. The number of carboxylic acid groups (broad SMARTS) is 1. The van der Waals surface area contributed by atoms with Crippen LogP contribution in [0.5, 0.6) is 0 Å². The quantitative estimate of drug-likeness (QED) is 0.312. The maximum atomic E-state index is 12.6. The summed E-state index contributed by atoms with van der Waals surface area (Å²) in [6.07, 6.45) is 0.592. The van der Waals surface area contributed by atoms with Crippen molar-refractivity contribution in [1.82, 2.24) is 9.78 Å². The zero-order valence-electron chi connectivity index (χ0n) is 20.6. The van der Waals surface area contributed by atoms with Gasteiger partial charge in [0.2, 0.25) is 0 Å². The number of aromatic carboxylic acids is 1. The topological polar surface area (TPSA) is 123 Å². The van der Waals surface area contributed by atoms with Crippen molar-refractivity contribution < 1.29 is 24.2 Å². The molecule has 0 saturated heterocycles. The van der Waals surface area contributed by atoms with E-state index in [0.29, 0.717) is 16.9 Å². The molecule has 9 heteroatoms. The lowest BCUT2D eigenvalue weighted by molar-refractivity contribution is -0.111. The Bertz CT molecular complexity index is 1530. The molecular weight excluding hydrogens is 484 g/mol. The molecule has 2 amide bonds. The Morgan fingerprint density at radius 1 is 0.947 bits per heavy atom. The largest absolute Gasteiger partial charge is 0.478 e. The van der Waals surface area contributed by atoms with Crippen LogP contribution in [0.2, 0.25) is 0 Å². The Morgan fingerprint density at radius 2 is 1.63 bits per heavy atom. The van der Waals surface area contributed by atoms with Gasteiger partial charge in [-0.1, -0.05) is 60.5 Å². The van der Waals surface area contributed by atoms with Crippen molar-refractivity contribution in [3.8, 4) is 23.0 Å². The number of carbonyl (C=O) groups excluding carboxylic acids is 2. The Hall–Kier alpha value is -5.36. The molecule has 1 atom stereocenters. The zero-order chi connectivity index (χ0) is 27.1. The molecule has 0 bridgehead atoms. The number of aryl methyl sites for hydroxylation is 1. The number of anilines is 2. The van der Waals surface area contributed by atoms with Crippen molar-refractivity contribution in [2.75, 3.05) is 10.6 Å². The molecule has 3 aromatic carbocycles. The molecule has 1 aromatic heterocycles. The Balaban J connectivity index is 1.43. The number of nitrogens with zero attached hydrogens (tertiary/aromatic N) is 2. The van der Waals surface area contributed by atoms with Gasteiger partial charge in [0, 0.05) is 24.1 Å². The number of hydrogen-bond acceptors (Lipinski definition) is 5. The number of hydrogen-bond donors (Lipinski definition) is 3. The van der Waals surface area contributed by atoms with Crippen LogP contribution in [0.15, 0.2) is 85.1 Å². The molecule has 0 spiro atoms. The van der Waals surface area contributed by atoms with Crippen LogP contribution in [0, 0.1) is 11.8 Å². The molecule has 0 saturated carbocycles. The fourth-order valence-electron chi connectivity index (χ4n) is 3.67. The molecule has 1 heterocycles. The first-order valence-electron chi connectivity index (χ1n) is 11.6. The fraction of sp³-hybridized carbons (Fsp3) is 0.103. The Labute approximate surface area is 219 Å². The minimum absolute atomic E-state index is 0.0220. The molecule has 190 valence electrons. The van der Waals surface area contributed by atoms with E-state index in [4.69, 9.17) is 4.74 Å². The van der Waals surface area contributed by atoms with Crippen LogP contribution in [0.1, 0.15) is 34.5 Å². The average molecular weight is 509 g/mol. The lowest BCUT2D eigenvalue weighted by Crippen LogP contribution is -2.18. The van der Waals surface area contributed by atoms with Gasteiger partial charge in [0.15, 0.2) is 0 Å². The van der Waals surface area contributed by atoms with Gasteiger partial charge in [-0.15, -0.1) is 0 Å². The summed E-state index contributed by atoms with van der Waals surface area (Å²) >= 11 is 0. The van der Waals surface area contributed by atoms with Crippen LogP contribution in [0.4, 0.5) is 16.3 Å². The van der Waals surface area contributed by atoms with Gasteiger partial charge < -0.3 is 15.2 Å². The number of amides is 2. The molecule has 4 aromatic rings. The van der Waals surface area contributed by atoms with E-state index >= 15 is 0 Å². The molecule has 1 unspecified atom stereocenters. The molecule has 0 fully saturated rings. The standard InChI is InChI=1S/C29H24N4O5/c1-19(21-8-4-3-5-9-21)38-29(37)32-27-24(18-30-33(27)2)22-15-12-20(13-16-22)14-17-26(34)31-25-11-7-6-10-23(25)28(35)36/h3-13,15-16,18-19H,1-2H3,(H,31,34)(H,32,37)(H,35,36). The normalized spacial score (nSPS) is 11.0. The first kappa shape index (κ1) is 25.7. The van der Waals surface area contributed by atoms with E-state index < -0.39 is 24.1 Å². The minimum Gasteiger partial charge on any atom is -0.478 e. The molecule has 4 rings (SSSR count). The van der Waals surface area contributed by atoms with Gasteiger partial charge in [-0.05, 0) is 42.3 Å². The summed E-state index contributed by atoms with van der Waals surface area (Å²) in [7, 11) is 1.71. The SMILES string of the molecule is CC(OC(=O)Nc1c(-c2ccc(C#CC(=O)Nc3ccccc3C(=O)O)cc2)cnn1C)c1ccccc1. The first-order chi connectivity index (χ1) is 18.3. The minimum atomic E-state index is -1.15. The van der Waals surface area contributed by atoms with E-state index in [0.717, 1.165) is 11.1 Å². The highest BCUT2D eigenvalue weighted by Gasteiger charge is 2.17. The lowest BCUT2D eigenvalue weighted by atomic mass is 10.1. The Kier molecular flexibility index (Phi) is 7.84. The van der Waals surface area contributed by atoms with E-state index in [9.17, 15) is 19.5 Å². The van der Waals surface area contributed by atoms with Crippen LogP contribution >= 0.6 is 0 Å². The number of carboxylic acids is 1. The highest BCUT2D eigenvalue weighted by molar-refractivity contribution is 6.07.